The molecule has 118 valence electrons. The lowest BCUT2D eigenvalue weighted by Crippen LogP contribution is -2.34. The maximum absolute atomic E-state index is 12.8. The van der Waals surface area contributed by atoms with E-state index in [1.165, 1.54) is 0 Å². The first-order chi connectivity index (χ1) is 9.79. The van der Waals surface area contributed by atoms with Crippen molar-refractivity contribution in [2.24, 2.45) is 11.8 Å². The Bertz CT molecular complexity index is 470. The third-order valence-electron chi connectivity index (χ3n) is 4.20. The molecule has 3 unspecified atom stereocenters. The minimum atomic E-state index is -4.18. The molecule has 6 heteroatoms. The zero-order valence-electron chi connectivity index (χ0n) is 11.3. The molecule has 3 atom stereocenters. The maximum atomic E-state index is 12.8. The largest absolute Gasteiger partial charge is 0.392 e. The predicted molar refractivity (Wildman–Crippen MR) is 77.7 cm³/mol. The van der Waals surface area contributed by atoms with Gasteiger partial charge in [-0.1, -0.05) is 35.7 Å². The smallest absolute Gasteiger partial charge is 0.391 e. The second-order valence-electron chi connectivity index (χ2n) is 5.64. The second-order valence-corrected chi connectivity index (χ2v) is 6.45. The fourth-order valence-corrected chi connectivity index (χ4v) is 3.53. The molecule has 21 heavy (non-hydrogen) atoms. The molecule has 0 spiro atoms. The summed E-state index contributed by atoms with van der Waals surface area (Å²) in [6.07, 6.45) is -3.62. The molecule has 1 fully saturated rings. The van der Waals surface area contributed by atoms with Crippen molar-refractivity contribution in [2.75, 3.05) is 0 Å². The predicted octanol–water partition coefficient (Wildman–Crippen LogP) is 5.27. The molecule has 0 amide bonds. The minimum absolute atomic E-state index is 0.0211. The van der Waals surface area contributed by atoms with E-state index in [0.717, 1.165) is 0 Å². The summed E-state index contributed by atoms with van der Waals surface area (Å²) in [6, 6.07) is 5.02. The van der Waals surface area contributed by atoms with Crippen LogP contribution in [0.4, 0.5) is 13.2 Å². The van der Waals surface area contributed by atoms with Gasteiger partial charge >= 0.3 is 6.18 Å². The van der Waals surface area contributed by atoms with Gasteiger partial charge in [0.2, 0.25) is 0 Å². The summed E-state index contributed by atoms with van der Waals surface area (Å²) in [6.45, 7) is 0. The lowest BCUT2D eigenvalue weighted by atomic mass is 9.77. The third kappa shape index (κ3) is 4.27. The molecule has 2 rings (SSSR count). The summed E-state index contributed by atoms with van der Waals surface area (Å²) in [7, 11) is 0. The van der Waals surface area contributed by atoms with Crippen LogP contribution in [0.5, 0.6) is 0 Å². The van der Waals surface area contributed by atoms with Crippen LogP contribution < -0.4 is 0 Å². The number of hydrogen-bond acceptors (Lipinski definition) is 1. The average molecular weight is 341 g/mol. The first kappa shape index (κ1) is 16.9. The SMILES string of the molecule is OC(Cc1c(Cl)cccc1Cl)C1CCCC(C(F)(F)F)C1. The van der Waals surface area contributed by atoms with Crippen molar-refractivity contribution in [1.29, 1.82) is 0 Å². The topological polar surface area (TPSA) is 20.2 Å². The van der Waals surface area contributed by atoms with Gasteiger partial charge in [0.25, 0.3) is 0 Å². The van der Waals surface area contributed by atoms with Crippen molar-refractivity contribution >= 4 is 23.2 Å². The fraction of sp³-hybridized carbons (Fsp3) is 0.600. The number of aliphatic hydroxyl groups is 1. The Balaban J connectivity index is 2.05. The van der Waals surface area contributed by atoms with E-state index in [9.17, 15) is 18.3 Å². The monoisotopic (exact) mass is 340 g/mol. The Morgan fingerprint density at radius 3 is 2.38 bits per heavy atom. The zero-order chi connectivity index (χ0) is 15.6. The van der Waals surface area contributed by atoms with Crippen LogP contribution in [0, 0.1) is 11.8 Å². The highest BCUT2D eigenvalue weighted by Crippen LogP contribution is 2.41. The first-order valence-corrected chi connectivity index (χ1v) is 7.72. The van der Waals surface area contributed by atoms with E-state index in [-0.39, 0.29) is 25.2 Å². The molecule has 0 heterocycles. The van der Waals surface area contributed by atoms with Crippen LogP contribution in [0.3, 0.4) is 0 Å². The van der Waals surface area contributed by atoms with Crippen LogP contribution >= 0.6 is 23.2 Å². The molecule has 1 N–H and O–H groups in total. The van der Waals surface area contributed by atoms with Gasteiger partial charge in [-0.25, -0.2) is 0 Å². The van der Waals surface area contributed by atoms with E-state index in [1.807, 2.05) is 0 Å². The summed E-state index contributed by atoms with van der Waals surface area (Å²) < 4.78 is 38.4. The number of alkyl halides is 3. The standard InChI is InChI=1S/C15H17Cl2F3O/c16-12-5-2-6-13(17)11(12)8-14(21)9-3-1-4-10(7-9)15(18,19)20/h2,5-6,9-10,14,21H,1,3-4,7-8H2. The molecule has 1 nitrogen and oxygen atoms in total. The number of benzene rings is 1. The molecule has 1 aliphatic rings. The van der Waals surface area contributed by atoms with E-state index >= 15 is 0 Å². The number of hydrogen-bond donors (Lipinski definition) is 1. The van der Waals surface area contributed by atoms with Crippen molar-refractivity contribution in [1.82, 2.24) is 0 Å². The lowest BCUT2D eigenvalue weighted by Gasteiger charge is -2.33. The molecule has 0 saturated heterocycles. The first-order valence-electron chi connectivity index (χ1n) is 6.96. The highest BCUT2D eigenvalue weighted by atomic mass is 35.5. The molecule has 1 aromatic rings. The third-order valence-corrected chi connectivity index (χ3v) is 4.91. The van der Waals surface area contributed by atoms with Crippen molar-refractivity contribution in [3.8, 4) is 0 Å². The van der Waals surface area contributed by atoms with Crippen LogP contribution in [-0.2, 0) is 6.42 Å². The van der Waals surface area contributed by atoms with Gasteiger partial charge in [-0.2, -0.15) is 13.2 Å². The van der Waals surface area contributed by atoms with E-state index in [2.05, 4.69) is 0 Å². The van der Waals surface area contributed by atoms with Crippen molar-refractivity contribution in [3.63, 3.8) is 0 Å². The van der Waals surface area contributed by atoms with Gasteiger partial charge in [0.15, 0.2) is 0 Å². The van der Waals surface area contributed by atoms with Gasteiger partial charge in [-0.15, -0.1) is 0 Å². The van der Waals surface area contributed by atoms with Crippen molar-refractivity contribution < 1.29 is 18.3 Å². The van der Waals surface area contributed by atoms with Crippen LogP contribution in [0.2, 0.25) is 10.0 Å². The van der Waals surface area contributed by atoms with Gasteiger partial charge in [-0.05, 0) is 42.9 Å². The Hall–Kier alpha value is -0.450. The van der Waals surface area contributed by atoms with Gasteiger partial charge in [-0.3, -0.25) is 0 Å². The van der Waals surface area contributed by atoms with Gasteiger partial charge in [0.05, 0.1) is 12.0 Å². The molecule has 0 radical (unpaired) electrons. The Morgan fingerprint density at radius 2 is 1.81 bits per heavy atom. The summed E-state index contributed by atoms with van der Waals surface area (Å²) in [5.74, 6) is -1.68. The highest BCUT2D eigenvalue weighted by Gasteiger charge is 2.43. The van der Waals surface area contributed by atoms with E-state index in [0.29, 0.717) is 28.5 Å². The lowest BCUT2D eigenvalue weighted by molar-refractivity contribution is -0.188. The normalized spacial score (nSPS) is 24.9. The van der Waals surface area contributed by atoms with Crippen molar-refractivity contribution in [3.05, 3.63) is 33.8 Å². The Kier molecular flexibility index (Phi) is 5.44. The molecule has 1 aromatic carbocycles. The number of halogens is 5. The molecular formula is C15H17Cl2F3O. The fourth-order valence-electron chi connectivity index (χ4n) is 2.98. The van der Waals surface area contributed by atoms with E-state index < -0.39 is 18.2 Å². The molecule has 0 bridgehead atoms. The average Bonchev–Trinajstić information content (AvgIpc) is 2.42. The second kappa shape index (κ2) is 6.76. The molecule has 1 saturated carbocycles. The van der Waals surface area contributed by atoms with Crippen LogP contribution in [-0.4, -0.2) is 17.4 Å². The summed E-state index contributed by atoms with van der Waals surface area (Å²) in [5, 5.41) is 11.1. The summed E-state index contributed by atoms with van der Waals surface area (Å²) >= 11 is 12.1. The van der Waals surface area contributed by atoms with E-state index in [1.54, 1.807) is 18.2 Å². The van der Waals surface area contributed by atoms with Gasteiger partial charge in [0, 0.05) is 16.5 Å². The van der Waals surface area contributed by atoms with Gasteiger partial charge < -0.3 is 5.11 Å². The van der Waals surface area contributed by atoms with Crippen LogP contribution in [0.15, 0.2) is 18.2 Å². The summed E-state index contributed by atoms with van der Waals surface area (Å²) in [4.78, 5) is 0. The number of rotatable bonds is 3. The van der Waals surface area contributed by atoms with Crippen LogP contribution in [0.25, 0.3) is 0 Å². The molecule has 1 aliphatic carbocycles. The highest BCUT2D eigenvalue weighted by molar-refractivity contribution is 6.35. The number of aliphatic hydroxyl groups excluding tert-OH is 1. The van der Waals surface area contributed by atoms with Crippen molar-refractivity contribution in [2.45, 2.75) is 44.4 Å². The maximum Gasteiger partial charge on any atom is 0.391 e. The zero-order valence-corrected chi connectivity index (χ0v) is 12.8. The van der Waals surface area contributed by atoms with E-state index in [4.69, 9.17) is 23.2 Å². The molecule has 0 aromatic heterocycles. The Labute approximate surface area is 132 Å². The van der Waals surface area contributed by atoms with Gasteiger partial charge in [0.1, 0.15) is 0 Å². The molecular weight excluding hydrogens is 324 g/mol. The minimum Gasteiger partial charge on any atom is -0.392 e. The molecule has 0 aliphatic heterocycles. The quantitative estimate of drug-likeness (QED) is 0.795. The van der Waals surface area contributed by atoms with Crippen LogP contribution in [0.1, 0.15) is 31.2 Å². The Morgan fingerprint density at radius 1 is 1.19 bits per heavy atom. The summed E-state index contributed by atoms with van der Waals surface area (Å²) in [5.41, 5.74) is 0.600.